The van der Waals surface area contributed by atoms with E-state index in [2.05, 4.69) is 17.6 Å². The van der Waals surface area contributed by atoms with Crippen LogP contribution in [0.3, 0.4) is 0 Å². The van der Waals surface area contributed by atoms with Gasteiger partial charge >= 0.3 is 12.2 Å². The van der Waals surface area contributed by atoms with Gasteiger partial charge in [0.1, 0.15) is 0 Å². The maximum Gasteiger partial charge on any atom is 0.418 e. The first kappa shape index (κ1) is 24.1. The Morgan fingerprint density at radius 1 is 1.03 bits per heavy atom. The molecule has 0 aromatic heterocycles. The first-order valence-corrected chi connectivity index (χ1v) is 10.0. The highest BCUT2D eigenvalue weighted by molar-refractivity contribution is 6.00. The fraction of sp³-hybridized carbons (Fsp3) is 0.318. The molecule has 0 bridgehead atoms. The van der Waals surface area contributed by atoms with Gasteiger partial charge in [0.25, 0.3) is 0 Å². The summed E-state index contributed by atoms with van der Waals surface area (Å²) in [5.74, 6) is 6.01. The number of hydrogen-bond donors (Lipinski definition) is 4. The molecule has 2 aromatic carbocycles. The first-order valence-electron chi connectivity index (χ1n) is 10.0. The molecular formula is C22H28F3N5O. The van der Waals surface area contributed by atoms with Gasteiger partial charge in [-0.15, -0.1) is 0 Å². The molecule has 0 unspecified atom stereocenters. The average molecular weight is 435 g/mol. The van der Waals surface area contributed by atoms with Crippen LogP contribution in [0.5, 0.6) is 0 Å². The Hall–Kier alpha value is -3.20. The SMILES string of the molecule is CCCCCC/C(N)=C/N(N)c1ccc(NC(=O)Nc2ccccc2C(F)(F)F)cc1. The van der Waals surface area contributed by atoms with Crippen LogP contribution in [-0.4, -0.2) is 6.03 Å². The molecule has 0 heterocycles. The molecule has 0 aliphatic heterocycles. The number of carbonyl (C=O) groups excluding carboxylic acids is 1. The zero-order valence-corrected chi connectivity index (χ0v) is 17.4. The van der Waals surface area contributed by atoms with Gasteiger partial charge in [0.05, 0.1) is 16.9 Å². The van der Waals surface area contributed by atoms with Gasteiger partial charge in [0, 0.05) is 17.6 Å². The smallest absolute Gasteiger partial charge is 0.401 e. The highest BCUT2D eigenvalue weighted by atomic mass is 19.4. The average Bonchev–Trinajstić information content (AvgIpc) is 2.71. The lowest BCUT2D eigenvalue weighted by atomic mass is 10.1. The fourth-order valence-electron chi connectivity index (χ4n) is 2.91. The van der Waals surface area contributed by atoms with Crippen LogP contribution in [0.15, 0.2) is 60.4 Å². The number of benzene rings is 2. The van der Waals surface area contributed by atoms with Crippen LogP contribution in [-0.2, 0) is 6.18 Å². The molecule has 2 rings (SSSR count). The summed E-state index contributed by atoms with van der Waals surface area (Å²) < 4.78 is 39.1. The molecule has 0 aliphatic rings. The summed E-state index contributed by atoms with van der Waals surface area (Å²) in [7, 11) is 0. The summed E-state index contributed by atoms with van der Waals surface area (Å²) in [6.07, 6.45) is 2.28. The lowest BCUT2D eigenvalue weighted by Crippen LogP contribution is -2.26. The van der Waals surface area contributed by atoms with Crippen molar-refractivity contribution in [1.29, 1.82) is 0 Å². The summed E-state index contributed by atoms with van der Waals surface area (Å²) in [5.41, 5.74) is 6.47. The number of urea groups is 1. The predicted molar refractivity (Wildman–Crippen MR) is 118 cm³/mol. The number of unbranched alkanes of at least 4 members (excludes halogenated alkanes) is 3. The number of nitrogens with zero attached hydrogens (tertiary/aromatic N) is 1. The number of alkyl halides is 3. The molecular weight excluding hydrogens is 407 g/mol. The minimum Gasteiger partial charge on any atom is -0.401 e. The summed E-state index contributed by atoms with van der Waals surface area (Å²) in [4.78, 5) is 12.1. The molecule has 0 fully saturated rings. The number of anilines is 3. The molecule has 2 aromatic rings. The lowest BCUT2D eigenvalue weighted by molar-refractivity contribution is -0.136. The van der Waals surface area contributed by atoms with Crippen molar-refractivity contribution >= 4 is 23.1 Å². The molecule has 0 radical (unpaired) electrons. The van der Waals surface area contributed by atoms with Crippen molar-refractivity contribution in [1.82, 2.24) is 0 Å². The van der Waals surface area contributed by atoms with E-state index in [-0.39, 0.29) is 5.69 Å². The number of para-hydroxylation sites is 1. The van der Waals surface area contributed by atoms with Gasteiger partial charge in [-0.3, -0.25) is 5.01 Å². The second-order valence-electron chi connectivity index (χ2n) is 7.09. The zero-order valence-electron chi connectivity index (χ0n) is 17.4. The Morgan fingerprint density at radius 3 is 2.35 bits per heavy atom. The Bertz CT molecular complexity index is 881. The van der Waals surface area contributed by atoms with Crippen LogP contribution < -0.4 is 27.2 Å². The normalized spacial score (nSPS) is 11.8. The molecule has 0 spiro atoms. The largest absolute Gasteiger partial charge is 0.418 e. The number of nitrogens with two attached hydrogens (primary N) is 2. The van der Waals surface area contributed by atoms with E-state index in [4.69, 9.17) is 11.6 Å². The van der Waals surface area contributed by atoms with E-state index >= 15 is 0 Å². The van der Waals surface area contributed by atoms with Crippen LogP contribution in [0.25, 0.3) is 0 Å². The molecule has 0 aliphatic carbocycles. The summed E-state index contributed by atoms with van der Waals surface area (Å²) in [6, 6.07) is 10.5. The topological polar surface area (TPSA) is 96.4 Å². The fourth-order valence-corrected chi connectivity index (χ4v) is 2.91. The standard InChI is InChI=1S/C22H28F3N5O/c1-2-3-4-5-8-16(26)15-30(27)18-13-11-17(12-14-18)28-21(31)29-20-10-7-6-9-19(20)22(23,24)25/h6-7,9-15H,2-5,8,26-27H2,1H3,(H2,28,29,31)/b16-15-. The number of hydrazine groups is 1. The summed E-state index contributed by atoms with van der Waals surface area (Å²) in [6.45, 7) is 2.14. The number of amides is 2. The van der Waals surface area contributed by atoms with E-state index in [0.29, 0.717) is 17.1 Å². The molecule has 9 heteroatoms. The van der Waals surface area contributed by atoms with Crippen molar-refractivity contribution in [3.05, 3.63) is 66.0 Å². The number of rotatable bonds is 9. The summed E-state index contributed by atoms with van der Waals surface area (Å²) >= 11 is 0. The Labute approximate surface area is 180 Å². The molecule has 6 N–H and O–H groups in total. The Morgan fingerprint density at radius 2 is 1.71 bits per heavy atom. The minimum atomic E-state index is -4.57. The third-order valence-corrected chi connectivity index (χ3v) is 4.53. The van der Waals surface area contributed by atoms with E-state index in [0.717, 1.165) is 31.7 Å². The van der Waals surface area contributed by atoms with E-state index in [1.54, 1.807) is 30.5 Å². The van der Waals surface area contributed by atoms with Gasteiger partial charge in [0.2, 0.25) is 0 Å². The van der Waals surface area contributed by atoms with E-state index in [1.165, 1.54) is 29.6 Å². The van der Waals surface area contributed by atoms with Gasteiger partial charge in [-0.25, -0.2) is 10.6 Å². The maximum absolute atomic E-state index is 13.0. The van der Waals surface area contributed by atoms with Crippen molar-refractivity contribution in [2.24, 2.45) is 11.6 Å². The molecule has 0 saturated heterocycles. The van der Waals surface area contributed by atoms with Crippen molar-refractivity contribution in [2.75, 3.05) is 15.6 Å². The second-order valence-corrected chi connectivity index (χ2v) is 7.09. The van der Waals surface area contributed by atoms with Crippen LogP contribution in [0, 0.1) is 0 Å². The van der Waals surface area contributed by atoms with E-state index < -0.39 is 17.8 Å². The summed E-state index contributed by atoms with van der Waals surface area (Å²) in [5, 5.41) is 6.11. The number of halogens is 3. The highest BCUT2D eigenvalue weighted by Gasteiger charge is 2.33. The highest BCUT2D eigenvalue weighted by Crippen LogP contribution is 2.34. The van der Waals surface area contributed by atoms with Gasteiger partial charge < -0.3 is 16.4 Å². The molecule has 6 nitrogen and oxygen atoms in total. The second kappa shape index (κ2) is 11.3. The monoisotopic (exact) mass is 435 g/mol. The Balaban J connectivity index is 1.94. The number of carbonyl (C=O) groups is 1. The maximum atomic E-state index is 13.0. The van der Waals surface area contributed by atoms with Crippen LogP contribution in [0.2, 0.25) is 0 Å². The predicted octanol–water partition coefficient (Wildman–Crippen LogP) is 5.80. The van der Waals surface area contributed by atoms with Crippen molar-refractivity contribution in [3.63, 3.8) is 0 Å². The van der Waals surface area contributed by atoms with Gasteiger partial charge in [-0.1, -0.05) is 38.3 Å². The molecule has 2 amide bonds. The van der Waals surface area contributed by atoms with Crippen molar-refractivity contribution < 1.29 is 18.0 Å². The van der Waals surface area contributed by atoms with Crippen LogP contribution in [0.1, 0.15) is 44.6 Å². The van der Waals surface area contributed by atoms with Crippen molar-refractivity contribution in [3.8, 4) is 0 Å². The van der Waals surface area contributed by atoms with E-state index in [9.17, 15) is 18.0 Å². The van der Waals surface area contributed by atoms with Crippen LogP contribution in [0.4, 0.5) is 35.0 Å². The molecule has 168 valence electrons. The number of allylic oxidation sites excluding steroid dienone is 1. The third-order valence-electron chi connectivity index (χ3n) is 4.53. The lowest BCUT2D eigenvalue weighted by Gasteiger charge is -2.16. The quantitative estimate of drug-likeness (QED) is 0.227. The van der Waals surface area contributed by atoms with E-state index in [1.807, 2.05) is 0 Å². The Kier molecular flexibility index (Phi) is 8.75. The van der Waals surface area contributed by atoms with Crippen molar-refractivity contribution in [2.45, 2.75) is 45.2 Å². The minimum absolute atomic E-state index is 0.322. The zero-order chi connectivity index (χ0) is 22.9. The first-order chi connectivity index (χ1) is 14.7. The third kappa shape index (κ3) is 7.86. The van der Waals surface area contributed by atoms with Gasteiger partial charge in [-0.2, -0.15) is 13.2 Å². The molecule has 0 saturated carbocycles. The molecule has 31 heavy (non-hydrogen) atoms. The number of nitrogens with one attached hydrogen (secondary N) is 2. The molecule has 0 atom stereocenters. The van der Waals surface area contributed by atoms with Crippen LogP contribution >= 0.6 is 0 Å². The van der Waals surface area contributed by atoms with Gasteiger partial charge in [0.15, 0.2) is 0 Å². The number of hydrogen-bond acceptors (Lipinski definition) is 4. The van der Waals surface area contributed by atoms with Gasteiger partial charge in [-0.05, 0) is 49.2 Å².